The molecule has 0 aliphatic carbocycles. The van der Waals surface area contributed by atoms with Crippen LogP contribution in [0.3, 0.4) is 0 Å². The van der Waals surface area contributed by atoms with Crippen LogP contribution in [0.1, 0.15) is 25.7 Å². The SMILES string of the molecule is NS(=O)(=O)CCCC(=O)N1C[C@@H](CN2CCCC2)[C@@H](CO)C1. The molecule has 2 heterocycles. The van der Waals surface area contributed by atoms with Gasteiger partial charge in [-0.1, -0.05) is 0 Å². The van der Waals surface area contributed by atoms with Gasteiger partial charge in [-0.05, 0) is 38.3 Å². The highest BCUT2D eigenvalue weighted by Crippen LogP contribution is 2.26. The van der Waals surface area contributed by atoms with E-state index in [1.54, 1.807) is 4.90 Å². The largest absolute Gasteiger partial charge is 0.396 e. The fourth-order valence-electron chi connectivity index (χ4n) is 3.44. The molecule has 2 rings (SSSR count). The number of rotatable bonds is 7. The molecule has 3 N–H and O–H groups in total. The molecule has 8 heteroatoms. The summed E-state index contributed by atoms with van der Waals surface area (Å²) in [7, 11) is -3.50. The van der Waals surface area contributed by atoms with Gasteiger partial charge >= 0.3 is 0 Å². The van der Waals surface area contributed by atoms with E-state index in [0.29, 0.717) is 19.0 Å². The highest BCUT2D eigenvalue weighted by molar-refractivity contribution is 7.89. The van der Waals surface area contributed by atoms with Crippen LogP contribution in [-0.4, -0.2) is 74.3 Å². The summed E-state index contributed by atoms with van der Waals surface area (Å²) in [6, 6.07) is 0. The lowest BCUT2D eigenvalue weighted by atomic mass is 9.96. The fourth-order valence-corrected chi connectivity index (χ4v) is 3.98. The number of hydrogen-bond acceptors (Lipinski definition) is 5. The van der Waals surface area contributed by atoms with Gasteiger partial charge in [0.1, 0.15) is 0 Å². The Morgan fingerprint density at radius 1 is 1.18 bits per heavy atom. The van der Waals surface area contributed by atoms with Gasteiger partial charge in [-0.15, -0.1) is 0 Å². The molecule has 0 unspecified atom stereocenters. The second-order valence-corrected chi connectivity index (χ2v) is 8.21. The predicted molar refractivity (Wildman–Crippen MR) is 83.5 cm³/mol. The van der Waals surface area contributed by atoms with Crippen molar-refractivity contribution in [1.29, 1.82) is 0 Å². The average Bonchev–Trinajstić information content (AvgIpc) is 3.07. The molecule has 2 aliphatic rings. The van der Waals surface area contributed by atoms with Crippen LogP contribution in [0.2, 0.25) is 0 Å². The number of carbonyl (C=O) groups is 1. The lowest BCUT2D eigenvalue weighted by molar-refractivity contribution is -0.130. The molecule has 22 heavy (non-hydrogen) atoms. The molecule has 2 saturated heterocycles. The molecule has 1 amide bonds. The summed E-state index contributed by atoms with van der Waals surface area (Å²) in [5.41, 5.74) is 0. The van der Waals surface area contributed by atoms with E-state index < -0.39 is 10.0 Å². The molecule has 2 fully saturated rings. The first-order valence-corrected chi connectivity index (χ1v) is 9.72. The van der Waals surface area contributed by atoms with Gasteiger partial charge in [0, 0.05) is 38.6 Å². The molecule has 2 aliphatic heterocycles. The summed E-state index contributed by atoms with van der Waals surface area (Å²) in [6.07, 6.45) is 2.92. The maximum absolute atomic E-state index is 12.2. The highest BCUT2D eigenvalue weighted by Gasteiger charge is 2.35. The number of primary sulfonamides is 1. The molecule has 0 aromatic carbocycles. The molecule has 0 radical (unpaired) electrons. The van der Waals surface area contributed by atoms with Crippen molar-refractivity contribution >= 4 is 15.9 Å². The third-order valence-corrected chi connectivity index (χ3v) is 5.53. The van der Waals surface area contributed by atoms with Crippen LogP contribution in [-0.2, 0) is 14.8 Å². The number of likely N-dealkylation sites (tertiary alicyclic amines) is 2. The average molecular weight is 333 g/mol. The maximum atomic E-state index is 12.2. The van der Waals surface area contributed by atoms with E-state index in [1.807, 2.05) is 0 Å². The molecular weight excluding hydrogens is 306 g/mol. The summed E-state index contributed by atoms with van der Waals surface area (Å²) >= 11 is 0. The number of carbonyl (C=O) groups excluding carboxylic acids is 1. The standard InChI is InChI=1S/C14H27N3O4S/c15-22(20,21)7-3-4-14(19)17-9-12(13(10-17)11-18)8-16-5-1-2-6-16/h12-13,18H,1-11H2,(H2,15,20,21)/t12-,13-/m1/s1. The van der Waals surface area contributed by atoms with E-state index >= 15 is 0 Å². The first-order valence-electron chi connectivity index (χ1n) is 8.00. The van der Waals surface area contributed by atoms with Crippen LogP contribution in [0.15, 0.2) is 0 Å². The number of aliphatic hydroxyl groups excluding tert-OH is 1. The minimum Gasteiger partial charge on any atom is -0.396 e. The molecule has 0 aromatic rings. The van der Waals surface area contributed by atoms with Crippen LogP contribution in [0.4, 0.5) is 0 Å². The topological polar surface area (TPSA) is 104 Å². The van der Waals surface area contributed by atoms with Crippen molar-refractivity contribution in [2.24, 2.45) is 17.0 Å². The second-order valence-electron chi connectivity index (χ2n) is 6.48. The second kappa shape index (κ2) is 7.72. The smallest absolute Gasteiger partial charge is 0.222 e. The Balaban J connectivity index is 1.80. The minimum atomic E-state index is -3.50. The number of nitrogens with two attached hydrogens (primary N) is 1. The Bertz CT molecular complexity index is 476. The first-order chi connectivity index (χ1) is 10.4. The van der Waals surface area contributed by atoms with Crippen molar-refractivity contribution in [3.05, 3.63) is 0 Å². The van der Waals surface area contributed by atoms with E-state index in [9.17, 15) is 18.3 Å². The molecule has 128 valence electrons. The third kappa shape index (κ3) is 5.19. The Kier molecular flexibility index (Phi) is 6.19. The van der Waals surface area contributed by atoms with Crippen LogP contribution >= 0.6 is 0 Å². The summed E-state index contributed by atoms with van der Waals surface area (Å²) < 4.78 is 21.8. The molecule has 0 saturated carbocycles. The van der Waals surface area contributed by atoms with Crippen molar-refractivity contribution in [2.75, 3.05) is 45.1 Å². The van der Waals surface area contributed by atoms with Crippen molar-refractivity contribution in [3.8, 4) is 0 Å². The van der Waals surface area contributed by atoms with Gasteiger partial charge in [0.05, 0.1) is 5.75 Å². The van der Waals surface area contributed by atoms with Crippen LogP contribution in [0.25, 0.3) is 0 Å². The monoisotopic (exact) mass is 333 g/mol. The lowest BCUT2D eigenvalue weighted by Crippen LogP contribution is -2.32. The van der Waals surface area contributed by atoms with Gasteiger partial charge in [-0.3, -0.25) is 4.79 Å². The minimum absolute atomic E-state index is 0.0361. The van der Waals surface area contributed by atoms with Crippen molar-refractivity contribution in [1.82, 2.24) is 9.80 Å². The number of aliphatic hydroxyl groups is 1. The van der Waals surface area contributed by atoms with Crippen molar-refractivity contribution in [3.63, 3.8) is 0 Å². The molecule has 7 nitrogen and oxygen atoms in total. The Labute approximate surface area is 132 Å². The summed E-state index contributed by atoms with van der Waals surface area (Å²) in [5.74, 6) is 0.242. The molecule has 0 aromatic heterocycles. The molecule has 2 atom stereocenters. The third-order valence-electron chi connectivity index (χ3n) is 4.67. The molecule has 0 bridgehead atoms. The van der Waals surface area contributed by atoms with Gasteiger partial charge in [-0.2, -0.15) is 0 Å². The Hall–Kier alpha value is -0.700. The molecule has 0 spiro atoms. The van der Waals surface area contributed by atoms with E-state index in [1.165, 1.54) is 12.8 Å². The van der Waals surface area contributed by atoms with Crippen molar-refractivity contribution in [2.45, 2.75) is 25.7 Å². The Morgan fingerprint density at radius 3 is 2.41 bits per heavy atom. The Morgan fingerprint density at radius 2 is 1.82 bits per heavy atom. The van der Waals surface area contributed by atoms with Crippen molar-refractivity contribution < 1.29 is 18.3 Å². The zero-order valence-electron chi connectivity index (χ0n) is 13.0. The van der Waals surface area contributed by atoms with Crippen LogP contribution in [0, 0.1) is 11.8 Å². The zero-order valence-corrected chi connectivity index (χ0v) is 13.8. The van der Waals surface area contributed by atoms with Gasteiger partial charge in [0.2, 0.25) is 15.9 Å². The van der Waals surface area contributed by atoms with Crippen LogP contribution < -0.4 is 5.14 Å². The van der Waals surface area contributed by atoms with E-state index in [2.05, 4.69) is 4.90 Å². The van der Waals surface area contributed by atoms with E-state index in [0.717, 1.165) is 19.6 Å². The molecular formula is C14H27N3O4S. The summed E-state index contributed by atoms with van der Waals surface area (Å²) in [4.78, 5) is 16.3. The van der Waals surface area contributed by atoms with Gasteiger partial charge in [0.15, 0.2) is 0 Å². The predicted octanol–water partition coefficient (Wildman–Crippen LogP) is -0.782. The van der Waals surface area contributed by atoms with Gasteiger partial charge in [0.25, 0.3) is 0 Å². The quantitative estimate of drug-likeness (QED) is 0.636. The van der Waals surface area contributed by atoms with Gasteiger partial charge < -0.3 is 14.9 Å². The first kappa shape index (κ1) is 17.7. The van der Waals surface area contributed by atoms with E-state index in [4.69, 9.17) is 5.14 Å². The maximum Gasteiger partial charge on any atom is 0.222 e. The lowest BCUT2D eigenvalue weighted by Gasteiger charge is -2.22. The van der Waals surface area contributed by atoms with Gasteiger partial charge in [-0.25, -0.2) is 13.6 Å². The number of hydrogen-bond donors (Lipinski definition) is 2. The normalized spacial score (nSPS) is 26.7. The summed E-state index contributed by atoms with van der Waals surface area (Å²) in [5, 5.41) is 14.5. The van der Waals surface area contributed by atoms with Crippen LogP contribution in [0.5, 0.6) is 0 Å². The summed E-state index contributed by atoms with van der Waals surface area (Å²) in [6.45, 7) is 4.48. The highest BCUT2D eigenvalue weighted by atomic mass is 32.2. The zero-order chi connectivity index (χ0) is 16.2. The van der Waals surface area contributed by atoms with E-state index in [-0.39, 0.29) is 37.0 Å². The number of sulfonamides is 1. The fraction of sp³-hybridized carbons (Fsp3) is 0.929. The number of amides is 1. The number of nitrogens with zero attached hydrogens (tertiary/aromatic N) is 2.